The zero-order valence-electron chi connectivity index (χ0n) is 7.19. The van der Waals surface area contributed by atoms with Crippen LogP contribution in [0.5, 0.6) is 5.75 Å². The molecule has 13 heavy (non-hydrogen) atoms. The van der Waals surface area contributed by atoms with Gasteiger partial charge in [-0.2, -0.15) is 4.99 Å². The van der Waals surface area contributed by atoms with Gasteiger partial charge in [0.15, 0.2) is 6.79 Å². The smallest absolute Gasteiger partial charge is 0.240 e. The maximum atomic E-state index is 10.0. The second kappa shape index (κ2) is 5.09. The van der Waals surface area contributed by atoms with Crippen LogP contribution in [0.15, 0.2) is 29.3 Å². The molecule has 0 saturated carbocycles. The molecule has 0 aliphatic rings. The van der Waals surface area contributed by atoms with Crippen LogP contribution in [0.25, 0.3) is 0 Å². The fourth-order valence-electron chi connectivity index (χ4n) is 0.843. The molecule has 0 saturated heterocycles. The first-order valence-corrected chi connectivity index (χ1v) is 3.67. The van der Waals surface area contributed by atoms with Gasteiger partial charge < -0.3 is 9.47 Å². The maximum absolute atomic E-state index is 10.0. The molecule has 4 heteroatoms. The van der Waals surface area contributed by atoms with Gasteiger partial charge in [0.25, 0.3) is 0 Å². The molecule has 0 atom stereocenters. The SMILES string of the molecule is COCOc1ccccc1N=C=O. The van der Waals surface area contributed by atoms with E-state index >= 15 is 0 Å². The van der Waals surface area contributed by atoms with Gasteiger partial charge in [-0.05, 0) is 12.1 Å². The zero-order valence-corrected chi connectivity index (χ0v) is 7.19. The zero-order chi connectivity index (χ0) is 9.52. The summed E-state index contributed by atoms with van der Waals surface area (Å²) in [7, 11) is 1.52. The lowest BCUT2D eigenvalue weighted by atomic mass is 10.3. The molecule has 0 heterocycles. The Bertz CT molecular complexity index is 318. The Morgan fingerprint density at radius 3 is 2.92 bits per heavy atom. The third-order valence-corrected chi connectivity index (χ3v) is 1.36. The van der Waals surface area contributed by atoms with E-state index in [2.05, 4.69) is 4.99 Å². The molecule has 0 unspecified atom stereocenters. The van der Waals surface area contributed by atoms with E-state index in [0.29, 0.717) is 11.4 Å². The lowest BCUT2D eigenvalue weighted by Crippen LogP contribution is -1.98. The van der Waals surface area contributed by atoms with Crippen molar-refractivity contribution in [3.8, 4) is 5.75 Å². The summed E-state index contributed by atoms with van der Waals surface area (Å²) in [6.07, 6.45) is 1.45. The average Bonchev–Trinajstić information content (AvgIpc) is 2.17. The van der Waals surface area contributed by atoms with Crippen molar-refractivity contribution in [3.63, 3.8) is 0 Å². The Morgan fingerprint density at radius 1 is 1.46 bits per heavy atom. The number of benzene rings is 1. The molecule has 0 spiro atoms. The highest BCUT2D eigenvalue weighted by atomic mass is 16.7. The predicted molar refractivity (Wildman–Crippen MR) is 46.7 cm³/mol. The van der Waals surface area contributed by atoms with E-state index in [9.17, 15) is 4.79 Å². The second-order valence-electron chi connectivity index (χ2n) is 2.22. The Morgan fingerprint density at radius 2 is 2.23 bits per heavy atom. The highest BCUT2D eigenvalue weighted by Gasteiger charge is 1.99. The van der Waals surface area contributed by atoms with Crippen molar-refractivity contribution in [3.05, 3.63) is 24.3 Å². The van der Waals surface area contributed by atoms with Crippen LogP contribution in [0.3, 0.4) is 0 Å². The first-order chi connectivity index (χ1) is 6.38. The van der Waals surface area contributed by atoms with E-state index in [-0.39, 0.29) is 6.79 Å². The maximum Gasteiger partial charge on any atom is 0.240 e. The summed E-state index contributed by atoms with van der Waals surface area (Å²) in [5.41, 5.74) is 0.453. The lowest BCUT2D eigenvalue weighted by molar-refractivity contribution is 0.0515. The first kappa shape index (κ1) is 9.45. The number of methoxy groups -OCH3 is 1. The van der Waals surface area contributed by atoms with Gasteiger partial charge in [-0.15, -0.1) is 0 Å². The quantitative estimate of drug-likeness (QED) is 0.401. The van der Waals surface area contributed by atoms with Gasteiger partial charge in [0, 0.05) is 7.11 Å². The van der Waals surface area contributed by atoms with E-state index in [4.69, 9.17) is 9.47 Å². The summed E-state index contributed by atoms with van der Waals surface area (Å²) >= 11 is 0. The van der Waals surface area contributed by atoms with Gasteiger partial charge >= 0.3 is 0 Å². The van der Waals surface area contributed by atoms with Gasteiger partial charge in [0.2, 0.25) is 6.08 Å². The largest absolute Gasteiger partial charge is 0.465 e. The minimum atomic E-state index is 0.130. The second-order valence-corrected chi connectivity index (χ2v) is 2.22. The molecule has 0 aliphatic heterocycles. The third-order valence-electron chi connectivity index (χ3n) is 1.36. The van der Waals surface area contributed by atoms with Gasteiger partial charge in [0.1, 0.15) is 11.4 Å². The number of hydrogen-bond acceptors (Lipinski definition) is 4. The van der Waals surface area contributed by atoms with E-state index < -0.39 is 0 Å². The molecular formula is C9H9NO3. The van der Waals surface area contributed by atoms with E-state index in [0.717, 1.165) is 0 Å². The summed E-state index contributed by atoms with van der Waals surface area (Å²) in [6, 6.07) is 6.91. The molecule has 4 nitrogen and oxygen atoms in total. The number of nitrogens with zero attached hydrogens (tertiary/aromatic N) is 1. The highest BCUT2D eigenvalue weighted by molar-refractivity contribution is 5.57. The fourth-order valence-corrected chi connectivity index (χ4v) is 0.843. The molecule has 1 aromatic carbocycles. The molecule has 1 aromatic rings. The molecular weight excluding hydrogens is 170 g/mol. The van der Waals surface area contributed by atoms with Crippen LogP contribution in [-0.4, -0.2) is 20.0 Å². The minimum Gasteiger partial charge on any atom is -0.465 e. The van der Waals surface area contributed by atoms with Gasteiger partial charge in [-0.25, -0.2) is 4.79 Å². The molecule has 1 rings (SSSR count). The van der Waals surface area contributed by atoms with Crippen molar-refractivity contribution in [2.45, 2.75) is 0 Å². The molecule has 0 aliphatic carbocycles. The number of ether oxygens (including phenoxy) is 2. The number of rotatable bonds is 4. The number of hydrogen-bond donors (Lipinski definition) is 0. The third kappa shape index (κ3) is 2.71. The van der Waals surface area contributed by atoms with Crippen LogP contribution >= 0.6 is 0 Å². The normalized spacial score (nSPS) is 9.00. The Hall–Kier alpha value is -1.64. The van der Waals surface area contributed by atoms with E-state index in [1.54, 1.807) is 24.3 Å². The van der Waals surface area contributed by atoms with E-state index in [1.807, 2.05) is 0 Å². The predicted octanol–water partition coefficient (Wildman–Crippen LogP) is 1.64. The molecule has 0 radical (unpaired) electrons. The average molecular weight is 179 g/mol. The molecule has 0 fully saturated rings. The van der Waals surface area contributed by atoms with Crippen LogP contribution in [0, 0.1) is 0 Å². The van der Waals surface area contributed by atoms with E-state index in [1.165, 1.54) is 13.2 Å². The van der Waals surface area contributed by atoms with Crippen molar-refractivity contribution in [2.75, 3.05) is 13.9 Å². The van der Waals surface area contributed by atoms with Crippen molar-refractivity contribution < 1.29 is 14.3 Å². The molecule has 0 aromatic heterocycles. The summed E-state index contributed by atoms with van der Waals surface area (Å²) in [5, 5.41) is 0. The van der Waals surface area contributed by atoms with Crippen molar-refractivity contribution in [2.24, 2.45) is 4.99 Å². The van der Waals surface area contributed by atoms with Crippen LogP contribution in [0.4, 0.5) is 5.69 Å². The summed E-state index contributed by atoms with van der Waals surface area (Å²) in [5.74, 6) is 0.507. The Labute approximate surface area is 75.8 Å². The summed E-state index contributed by atoms with van der Waals surface area (Å²) in [6.45, 7) is 0.130. The lowest BCUT2D eigenvalue weighted by Gasteiger charge is -2.05. The van der Waals surface area contributed by atoms with Crippen LogP contribution in [0.2, 0.25) is 0 Å². The fraction of sp³-hybridized carbons (Fsp3) is 0.222. The Balaban J connectivity index is 2.84. The first-order valence-electron chi connectivity index (χ1n) is 3.67. The van der Waals surface area contributed by atoms with Gasteiger partial charge in [-0.3, -0.25) is 0 Å². The van der Waals surface area contributed by atoms with Crippen LogP contribution < -0.4 is 4.74 Å². The summed E-state index contributed by atoms with van der Waals surface area (Å²) < 4.78 is 9.86. The summed E-state index contributed by atoms with van der Waals surface area (Å²) in [4.78, 5) is 13.5. The topological polar surface area (TPSA) is 47.9 Å². The number of para-hydroxylation sites is 2. The number of isocyanates is 1. The van der Waals surface area contributed by atoms with Crippen LogP contribution in [-0.2, 0) is 9.53 Å². The van der Waals surface area contributed by atoms with Gasteiger partial charge in [-0.1, -0.05) is 12.1 Å². The minimum absolute atomic E-state index is 0.130. The molecule has 68 valence electrons. The monoisotopic (exact) mass is 179 g/mol. The highest BCUT2D eigenvalue weighted by Crippen LogP contribution is 2.25. The van der Waals surface area contributed by atoms with Crippen molar-refractivity contribution >= 4 is 11.8 Å². The molecule has 0 bridgehead atoms. The standard InChI is InChI=1S/C9H9NO3/c1-12-7-13-9-5-3-2-4-8(9)10-6-11/h2-5H,7H2,1H3. The number of carbonyl (C=O) groups excluding carboxylic acids is 1. The van der Waals surface area contributed by atoms with Crippen molar-refractivity contribution in [1.29, 1.82) is 0 Å². The van der Waals surface area contributed by atoms with Crippen molar-refractivity contribution in [1.82, 2.24) is 0 Å². The van der Waals surface area contributed by atoms with Gasteiger partial charge in [0.05, 0.1) is 0 Å². The number of aliphatic imine (C=N–C) groups is 1. The molecule has 0 N–H and O–H groups in total. The molecule has 0 amide bonds. The van der Waals surface area contributed by atoms with Crippen LogP contribution in [0.1, 0.15) is 0 Å². The Kier molecular flexibility index (Phi) is 3.70.